The largest absolute Gasteiger partial charge is 0.492 e. The molecule has 1 aliphatic heterocycles. The molecule has 2 aromatic carbocycles. The van der Waals surface area contributed by atoms with Gasteiger partial charge in [0.25, 0.3) is 5.91 Å². The first-order valence-corrected chi connectivity index (χ1v) is 12.8. The van der Waals surface area contributed by atoms with E-state index in [0.29, 0.717) is 30.7 Å². The van der Waals surface area contributed by atoms with Crippen LogP contribution in [0.15, 0.2) is 48.5 Å². The number of ether oxygens (including phenoxy) is 1. The summed E-state index contributed by atoms with van der Waals surface area (Å²) in [7, 11) is 2.01. The minimum Gasteiger partial charge on any atom is -0.492 e. The fourth-order valence-electron chi connectivity index (χ4n) is 5.25. The third kappa shape index (κ3) is 6.80. The number of carbonyl (C=O) groups excluding carboxylic acids is 1. The minimum atomic E-state index is -0.337. The van der Waals surface area contributed by atoms with Gasteiger partial charge in [-0.25, -0.2) is 4.39 Å². The standard InChI is InChI=1S/C28H38FN3O2/c1-30-25-8-5-7-22(19-25)21-32(28(33)23-11-13-24(29)14-12-23)26-9-6-10-27(20-26)34-18-17-31-15-3-2-4-16-31/h6,9-14,20,22,25,30H,2-5,7-8,15-19,21H2,1H3. The van der Waals surface area contributed by atoms with Crippen LogP contribution in [-0.4, -0.2) is 56.7 Å². The van der Waals surface area contributed by atoms with Gasteiger partial charge in [-0.05, 0) is 94.6 Å². The van der Waals surface area contributed by atoms with E-state index in [0.717, 1.165) is 50.3 Å². The van der Waals surface area contributed by atoms with Crippen LogP contribution in [0, 0.1) is 11.7 Å². The first-order valence-electron chi connectivity index (χ1n) is 12.8. The second-order valence-corrected chi connectivity index (χ2v) is 9.69. The van der Waals surface area contributed by atoms with Gasteiger partial charge in [-0.1, -0.05) is 18.9 Å². The number of piperidine rings is 1. The third-order valence-corrected chi connectivity index (χ3v) is 7.22. The lowest BCUT2D eigenvalue weighted by molar-refractivity contribution is 0.0979. The summed E-state index contributed by atoms with van der Waals surface area (Å²) in [6.45, 7) is 4.51. The van der Waals surface area contributed by atoms with Gasteiger partial charge in [0, 0.05) is 36.4 Å². The molecule has 2 atom stereocenters. The Morgan fingerprint density at radius 3 is 2.65 bits per heavy atom. The Morgan fingerprint density at radius 2 is 1.88 bits per heavy atom. The van der Waals surface area contributed by atoms with Crippen LogP contribution < -0.4 is 15.0 Å². The summed E-state index contributed by atoms with van der Waals surface area (Å²) >= 11 is 0. The number of hydrogen-bond donors (Lipinski definition) is 1. The van der Waals surface area contributed by atoms with Gasteiger partial charge in [-0.3, -0.25) is 9.69 Å². The molecule has 1 amide bonds. The van der Waals surface area contributed by atoms with E-state index in [1.807, 2.05) is 36.2 Å². The normalized spacial score (nSPS) is 21.2. The van der Waals surface area contributed by atoms with Crippen molar-refractivity contribution in [2.24, 2.45) is 5.92 Å². The second-order valence-electron chi connectivity index (χ2n) is 9.69. The van der Waals surface area contributed by atoms with Crippen LogP contribution >= 0.6 is 0 Å². The molecule has 1 heterocycles. The van der Waals surface area contributed by atoms with Crippen LogP contribution in [0.4, 0.5) is 10.1 Å². The van der Waals surface area contributed by atoms with E-state index in [4.69, 9.17) is 4.74 Å². The van der Waals surface area contributed by atoms with Crippen molar-refractivity contribution in [3.63, 3.8) is 0 Å². The van der Waals surface area contributed by atoms with Gasteiger partial charge in [-0.2, -0.15) is 0 Å². The van der Waals surface area contributed by atoms with E-state index in [-0.39, 0.29) is 11.7 Å². The number of benzene rings is 2. The smallest absolute Gasteiger partial charge is 0.258 e. The van der Waals surface area contributed by atoms with Gasteiger partial charge in [0.2, 0.25) is 0 Å². The molecule has 1 N–H and O–H groups in total. The van der Waals surface area contributed by atoms with Gasteiger partial charge < -0.3 is 15.0 Å². The van der Waals surface area contributed by atoms with Crippen molar-refractivity contribution in [3.8, 4) is 5.75 Å². The molecule has 2 aromatic rings. The number of halogens is 1. The van der Waals surface area contributed by atoms with Crippen LogP contribution in [-0.2, 0) is 0 Å². The van der Waals surface area contributed by atoms with Crippen molar-refractivity contribution in [2.75, 3.05) is 44.7 Å². The predicted octanol–water partition coefficient (Wildman–Crippen LogP) is 5.12. The van der Waals surface area contributed by atoms with E-state index in [1.165, 1.54) is 37.8 Å². The fourth-order valence-corrected chi connectivity index (χ4v) is 5.25. The Labute approximate surface area is 203 Å². The molecule has 6 heteroatoms. The quantitative estimate of drug-likeness (QED) is 0.556. The van der Waals surface area contributed by atoms with Crippen LogP contribution in [0.1, 0.15) is 55.3 Å². The maximum absolute atomic E-state index is 13.6. The van der Waals surface area contributed by atoms with Gasteiger partial charge in [0.1, 0.15) is 18.2 Å². The molecular formula is C28H38FN3O2. The lowest BCUT2D eigenvalue weighted by Gasteiger charge is -2.33. The average molecular weight is 468 g/mol. The van der Waals surface area contributed by atoms with Gasteiger partial charge in [-0.15, -0.1) is 0 Å². The van der Waals surface area contributed by atoms with Crippen molar-refractivity contribution in [2.45, 2.75) is 51.0 Å². The molecule has 34 heavy (non-hydrogen) atoms. The van der Waals surface area contributed by atoms with E-state index >= 15 is 0 Å². The Morgan fingerprint density at radius 1 is 1.09 bits per heavy atom. The summed E-state index contributed by atoms with van der Waals surface area (Å²) in [6.07, 6.45) is 8.37. The van der Waals surface area contributed by atoms with Crippen molar-refractivity contribution < 1.29 is 13.9 Å². The SMILES string of the molecule is CNC1CCCC(CN(C(=O)c2ccc(F)cc2)c2cccc(OCCN3CCCCC3)c2)C1. The number of amides is 1. The zero-order chi connectivity index (χ0) is 23.8. The highest BCUT2D eigenvalue weighted by Gasteiger charge is 2.27. The van der Waals surface area contributed by atoms with Crippen LogP contribution in [0.25, 0.3) is 0 Å². The summed E-state index contributed by atoms with van der Waals surface area (Å²) in [5.74, 6) is 0.760. The van der Waals surface area contributed by atoms with E-state index in [2.05, 4.69) is 10.2 Å². The molecule has 0 aromatic heterocycles. The highest BCUT2D eigenvalue weighted by molar-refractivity contribution is 6.06. The first kappa shape index (κ1) is 24.7. The number of hydrogen-bond acceptors (Lipinski definition) is 4. The second kappa shape index (κ2) is 12.3. The van der Waals surface area contributed by atoms with Crippen molar-refractivity contribution in [3.05, 3.63) is 59.9 Å². The lowest BCUT2D eigenvalue weighted by Crippen LogP contribution is -2.40. The van der Waals surface area contributed by atoms with Gasteiger partial charge in [0.15, 0.2) is 0 Å². The van der Waals surface area contributed by atoms with Crippen molar-refractivity contribution >= 4 is 11.6 Å². The molecule has 0 radical (unpaired) electrons. The van der Waals surface area contributed by atoms with Crippen molar-refractivity contribution in [1.29, 1.82) is 0 Å². The van der Waals surface area contributed by atoms with Crippen LogP contribution in [0.2, 0.25) is 0 Å². The number of anilines is 1. The van der Waals surface area contributed by atoms with Crippen LogP contribution in [0.3, 0.4) is 0 Å². The molecule has 2 aliphatic rings. The summed E-state index contributed by atoms with van der Waals surface area (Å²) in [5.41, 5.74) is 1.33. The first-order chi connectivity index (χ1) is 16.6. The summed E-state index contributed by atoms with van der Waals surface area (Å²) in [5, 5.41) is 3.40. The van der Waals surface area contributed by atoms with E-state index in [9.17, 15) is 9.18 Å². The summed E-state index contributed by atoms with van der Waals surface area (Å²) in [4.78, 5) is 17.9. The zero-order valence-electron chi connectivity index (χ0n) is 20.3. The molecule has 2 fully saturated rings. The Bertz CT molecular complexity index is 914. The summed E-state index contributed by atoms with van der Waals surface area (Å²) < 4.78 is 19.6. The number of likely N-dealkylation sites (tertiary alicyclic amines) is 1. The molecule has 4 rings (SSSR count). The molecule has 5 nitrogen and oxygen atoms in total. The number of nitrogens with zero attached hydrogens (tertiary/aromatic N) is 2. The minimum absolute atomic E-state index is 0.1000. The molecule has 184 valence electrons. The van der Waals surface area contributed by atoms with Gasteiger partial charge in [0.05, 0.1) is 0 Å². The van der Waals surface area contributed by atoms with Crippen LogP contribution in [0.5, 0.6) is 5.75 Å². The van der Waals surface area contributed by atoms with Crippen molar-refractivity contribution in [1.82, 2.24) is 10.2 Å². The molecule has 0 spiro atoms. The average Bonchev–Trinajstić information content (AvgIpc) is 2.88. The monoisotopic (exact) mass is 467 g/mol. The van der Waals surface area contributed by atoms with E-state index in [1.54, 1.807) is 12.1 Å². The summed E-state index contributed by atoms with van der Waals surface area (Å²) in [6, 6.07) is 14.2. The highest BCUT2D eigenvalue weighted by atomic mass is 19.1. The molecule has 2 unspecified atom stereocenters. The fraction of sp³-hybridized carbons (Fsp3) is 0.536. The number of carbonyl (C=O) groups is 1. The lowest BCUT2D eigenvalue weighted by atomic mass is 9.85. The maximum atomic E-state index is 13.6. The Balaban J connectivity index is 1.48. The van der Waals surface area contributed by atoms with E-state index < -0.39 is 0 Å². The molecule has 1 aliphatic carbocycles. The third-order valence-electron chi connectivity index (χ3n) is 7.22. The maximum Gasteiger partial charge on any atom is 0.258 e. The van der Waals surface area contributed by atoms with Gasteiger partial charge >= 0.3 is 0 Å². The molecule has 0 bridgehead atoms. The molecular weight excluding hydrogens is 429 g/mol. The predicted molar refractivity (Wildman–Crippen MR) is 135 cm³/mol. The Hall–Kier alpha value is -2.44. The Kier molecular flexibility index (Phi) is 8.94. The topological polar surface area (TPSA) is 44.8 Å². The molecule has 1 saturated carbocycles. The zero-order valence-corrected chi connectivity index (χ0v) is 20.3. The highest BCUT2D eigenvalue weighted by Crippen LogP contribution is 2.29. The number of rotatable bonds is 9. The molecule has 1 saturated heterocycles. The number of nitrogens with one attached hydrogen (secondary N) is 1.